The Morgan fingerprint density at radius 1 is 1.11 bits per heavy atom. The van der Waals surface area contributed by atoms with Gasteiger partial charge in [0.05, 0.1) is 11.3 Å². The number of hydrogen-bond donors (Lipinski definition) is 1. The molecule has 1 aromatic heterocycles. The van der Waals surface area contributed by atoms with E-state index in [1.165, 1.54) is 15.9 Å². The van der Waals surface area contributed by atoms with Gasteiger partial charge < -0.3 is 9.80 Å². The van der Waals surface area contributed by atoms with Crippen LogP contribution in [0.15, 0.2) is 23.0 Å². The largest absolute Gasteiger partial charge is 0.335 e. The second-order valence-corrected chi connectivity index (χ2v) is 11.4. The molecule has 2 aliphatic rings. The van der Waals surface area contributed by atoms with E-state index in [0.717, 1.165) is 48.1 Å². The lowest BCUT2D eigenvalue weighted by atomic mass is 9.89. The Morgan fingerprint density at radius 3 is 2.49 bits per heavy atom. The molecule has 198 valence electrons. The van der Waals surface area contributed by atoms with Crippen LogP contribution in [0.5, 0.6) is 0 Å². The van der Waals surface area contributed by atoms with Crippen LogP contribution in [-0.4, -0.2) is 63.3 Å². The first kappa shape index (κ1) is 26.7. The van der Waals surface area contributed by atoms with E-state index >= 15 is 0 Å². The van der Waals surface area contributed by atoms with Gasteiger partial charge in [-0.1, -0.05) is 26.8 Å². The van der Waals surface area contributed by atoms with Crippen LogP contribution in [0, 0.1) is 11.2 Å². The van der Waals surface area contributed by atoms with Crippen LogP contribution in [0.4, 0.5) is 4.39 Å². The summed E-state index contributed by atoms with van der Waals surface area (Å²) < 4.78 is 14.8. The van der Waals surface area contributed by atoms with Crippen molar-refractivity contribution < 1.29 is 18.8 Å². The number of nitrogens with zero attached hydrogens (tertiary/aromatic N) is 3. The quantitative estimate of drug-likeness (QED) is 0.623. The van der Waals surface area contributed by atoms with Crippen molar-refractivity contribution in [3.8, 4) is 0 Å². The lowest BCUT2D eigenvalue weighted by molar-refractivity contribution is -0.148. The molecule has 4 rings (SSSR count). The molecule has 1 saturated heterocycles. The van der Waals surface area contributed by atoms with E-state index in [4.69, 9.17) is 0 Å². The Morgan fingerprint density at radius 2 is 1.81 bits per heavy atom. The van der Waals surface area contributed by atoms with Crippen LogP contribution in [0.25, 0.3) is 0 Å². The molecular formula is C28H35FN4O4. The Hall–Kier alpha value is -3.36. The fraction of sp³-hybridized carbons (Fsp3) is 0.536. The first-order valence-electron chi connectivity index (χ1n) is 13.0. The summed E-state index contributed by atoms with van der Waals surface area (Å²) in [5.41, 5.74) is 2.73. The first-order valence-corrected chi connectivity index (χ1v) is 13.0. The highest BCUT2D eigenvalue weighted by Crippen LogP contribution is 2.24. The van der Waals surface area contributed by atoms with E-state index in [9.17, 15) is 23.6 Å². The van der Waals surface area contributed by atoms with Crippen molar-refractivity contribution >= 4 is 17.6 Å². The maximum atomic E-state index is 14.8. The number of carbonyl (C=O) groups is 3. The molecule has 1 fully saturated rings. The van der Waals surface area contributed by atoms with E-state index in [0.29, 0.717) is 6.42 Å². The van der Waals surface area contributed by atoms with Gasteiger partial charge in [-0.05, 0) is 61.3 Å². The monoisotopic (exact) mass is 510 g/mol. The minimum absolute atomic E-state index is 0.0356. The van der Waals surface area contributed by atoms with Gasteiger partial charge in [-0.3, -0.25) is 19.2 Å². The molecule has 2 amide bonds. The number of H-pyrrole nitrogens is 1. The summed E-state index contributed by atoms with van der Waals surface area (Å²) in [6, 6.07) is 4.11. The summed E-state index contributed by atoms with van der Waals surface area (Å²) in [5.74, 6) is -2.03. The highest BCUT2D eigenvalue weighted by molar-refractivity contribution is 6.36. The number of benzene rings is 1. The molecule has 37 heavy (non-hydrogen) atoms. The van der Waals surface area contributed by atoms with E-state index in [1.54, 1.807) is 19.1 Å². The Labute approximate surface area is 216 Å². The number of halogens is 1. The van der Waals surface area contributed by atoms with Crippen LogP contribution in [-0.2, 0) is 28.9 Å². The van der Waals surface area contributed by atoms with Crippen LogP contribution < -0.4 is 5.56 Å². The number of nitrogens with one attached hydrogen (secondary N) is 1. The van der Waals surface area contributed by atoms with E-state index in [-0.39, 0.29) is 48.6 Å². The number of fused-ring (bicyclic) bond motifs is 1. The lowest BCUT2D eigenvalue weighted by Crippen LogP contribution is -2.57. The zero-order valence-electron chi connectivity index (χ0n) is 22.0. The highest BCUT2D eigenvalue weighted by atomic mass is 19.1. The SMILES string of the molecule is C[C@@H]1CN(C(=O)c2cc(Cc3n[nH]c(=O)c4c3CCCC4)ccc2F)CCN1C(=O)C(=O)CC(C)(C)C. The molecule has 1 aliphatic carbocycles. The molecule has 8 nitrogen and oxygen atoms in total. The molecular weight excluding hydrogens is 475 g/mol. The third kappa shape index (κ3) is 5.97. The van der Waals surface area contributed by atoms with Crippen molar-refractivity contribution in [1.82, 2.24) is 20.0 Å². The molecule has 2 heterocycles. The molecule has 1 N–H and O–H groups in total. The standard InChI is InChI=1S/C28H35FN4O4/c1-17-16-32(11-12-33(17)27(37)24(34)15-28(2,3)4)26(36)21-13-18(9-10-22(21)29)14-23-19-7-5-6-8-20(19)25(35)31-30-23/h9-10,13,17H,5-8,11-12,14-16H2,1-4H3,(H,31,35)/t17-/m1/s1. The Balaban J connectivity index is 1.48. The molecule has 0 saturated carbocycles. The molecule has 9 heteroatoms. The number of piperazine rings is 1. The van der Waals surface area contributed by atoms with Crippen LogP contribution >= 0.6 is 0 Å². The van der Waals surface area contributed by atoms with E-state index in [1.807, 2.05) is 20.8 Å². The minimum Gasteiger partial charge on any atom is -0.335 e. The van der Waals surface area contributed by atoms with Gasteiger partial charge in [-0.15, -0.1) is 0 Å². The van der Waals surface area contributed by atoms with Crippen LogP contribution in [0.1, 0.15) is 79.7 Å². The first-order chi connectivity index (χ1) is 17.4. The molecule has 0 unspecified atom stereocenters. The molecule has 2 aromatic rings. The van der Waals surface area contributed by atoms with Gasteiger partial charge in [0.2, 0.25) is 5.78 Å². The predicted octanol–water partition coefficient (Wildman–Crippen LogP) is 3.06. The fourth-order valence-electron chi connectivity index (χ4n) is 5.25. The minimum atomic E-state index is -0.614. The Bertz CT molecular complexity index is 1280. The molecule has 1 aliphatic heterocycles. The number of hydrogen-bond acceptors (Lipinski definition) is 5. The topological polar surface area (TPSA) is 103 Å². The lowest BCUT2D eigenvalue weighted by Gasteiger charge is -2.39. The van der Waals surface area contributed by atoms with Gasteiger partial charge in [-0.25, -0.2) is 9.49 Å². The maximum absolute atomic E-state index is 14.8. The number of aromatic amines is 1. The zero-order valence-corrected chi connectivity index (χ0v) is 22.0. The fourth-order valence-corrected chi connectivity index (χ4v) is 5.25. The van der Waals surface area contributed by atoms with Gasteiger partial charge >= 0.3 is 0 Å². The van der Waals surface area contributed by atoms with E-state index in [2.05, 4.69) is 10.2 Å². The van der Waals surface area contributed by atoms with Gasteiger partial charge in [-0.2, -0.15) is 5.10 Å². The van der Waals surface area contributed by atoms with Crippen molar-refractivity contribution in [1.29, 1.82) is 0 Å². The smallest absolute Gasteiger partial charge is 0.290 e. The van der Waals surface area contributed by atoms with E-state index < -0.39 is 23.4 Å². The highest BCUT2D eigenvalue weighted by Gasteiger charge is 2.34. The van der Waals surface area contributed by atoms with Crippen LogP contribution in [0.2, 0.25) is 0 Å². The molecule has 1 atom stereocenters. The molecule has 0 radical (unpaired) electrons. The summed E-state index contributed by atoms with van der Waals surface area (Å²) >= 11 is 0. The summed E-state index contributed by atoms with van der Waals surface area (Å²) in [6.07, 6.45) is 4.01. The predicted molar refractivity (Wildman–Crippen MR) is 137 cm³/mol. The summed E-state index contributed by atoms with van der Waals surface area (Å²) in [6.45, 7) is 8.16. The van der Waals surface area contributed by atoms with Gasteiger partial charge in [0.15, 0.2) is 0 Å². The van der Waals surface area contributed by atoms with Crippen molar-refractivity contribution in [2.24, 2.45) is 5.41 Å². The average molecular weight is 511 g/mol. The Kier molecular flexibility index (Phi) is 7.62. The number of rotatable bonds is 5. The van der Waals surface area contributed by atoms with Crippen molar-refractivity contribution in [3.05, 3.63) is 62.3 Å². The maximum Gasteiger partial charge on any atom is 0.290 e. The number of carbonyl (C=O) groups excluding carboxylic acids is 3. The zero-order chi connectivity index (χ0) is 26.9. The summed E-state index contributed by atoms with van der Waals surface area (Å²) in [7, 11) is 0. The third-order valence-electron chi connectivity index (χ3n) is 7.12. The average Bonchev–Trinajstić information content (AvgIpc) is 2.85. The number of Topliss-reactive ketones (excluding diaryl/α,β-unsaturated/α-hetero) is 1. The molecule has 0 spiro atoms. The second kappa shape index (κ2) is 10.6. The molecule has 0 bridgehead atoms. The van der Waals surface area contributed by atoms with Crippen LogP contribution in [0.3, 0.4) is 0 Å². The van der Waals surface area contributed by atoms with Gasteiger partial charge in [0.1, 0.15) is 5.82 Å². The number of aromatic nitrogens is 2. The molecule has 1 aromatic carbocycles. The van der Waals surface area contributed by atoms with Gasteiger partial charge in [0.25, 0.3) is 17.4 Å². The third-order valence-corrected chi connectivity index (χ3v) is 7.12. The number of ketones is 1. The van der Waals surface area contributed by atoms with Crippen molar-refractivity contribution in [2.75, 3.05) is 19.6 Å². The summed E-state index contributed by atoms with van der Waals surface area (Å²) in [4.78, 5) is 53.6. The van der Waals surface area contributed by atoms with Crippen molar-refractivity contribution in [2.45, 2.75) is 72.3 Å². The van der Waals surface area contributed by atoms with Crippen molar-refractivity contribution in [3.63, 3.8) is 0 Å². The second-order valence-electron chi connectivity index (χ2n) is 11.4. The normalized spacial score (nSPS) is 17.9. The summed E-state index contributed by atoms with van der Waals surface area (Å²) in [5, 5.41) is 6.83. The number of amides is 2. The van der Waals surface area contributed by atoms with Gasteiger partial charge in [0, 0.05) is 44.1 Å².